The number of benzene rings is 1. The van der Waals surface area contributed by atoms with E-state index in [0.29, 0.717) is 31.6 Å². The zero-order valence-electron chi connectivity index (χ0n) is 18.0. The Bertz CT molecular complexity index is 1220. The van der Waals surface area contributed by atoms with Crippen molar-refractivity contribution < 1.29 is 21.6 Å². The minimum atomic E-state index is -4.55. The Morgan fingerprint density at radius 1 is 1.09 bits per heavy atom. The third-order valence-corrected chi connectivity index (χ3v) is 7.32. The van der Waals surface area contributed by atoms with E-state index in [0.717, 1.165) is 21.9 Å². The van der Waals surface area contributed by atoms with Gasteiger partial charge in [0.05, 0.1) is 28.2 Å². The molecule has 1 aliphatic rings. The standard InChI is InChI=1S/C21H23F3N6O2S/c1-29(2)33(31,32)15-5-3-14(4-6-15)28-20-11-19(16(12-25-20)21(22,23)24)30-9-7-17-18(8-10-30)27-13-26-17/h3-6,11-13H,7-10H2,1-2H3,(H,25,28)(H,26,27). The third-order valence-electron chi connectivity index (χ3n) is 5.49. The highest BCUT2D eigenvalue weighted by atomic mass is 32.2. The van der Waals surface area contributed by atoms with Crippen molar-refractivity contribution in [2.24, 2.45) is 0 Å². The molecule has 0 fully saturated rings. The molecule has 3 aromatic rings. The molecule has 0 saturated carbocycles. The molecule has 0 radical (unpaired) electrons. The molecule has 0 atom stereocenters. The largest absolute Gasteiger partial charge is 0.419 e. The van der Waals surface area contributed by atoms with Gasteiger partial charge in [0, 0.05) is 63.7 Å². The van der Waals surface area contributed by atoms with E-state index in [1.807, 2.05) is 0 Å². The van der Waals surface area contributed by atoms with Crippen molar-refractivity contribution in [2.75, 3.05) is 37.4 Å². The number of aromatic nitrogens is 3. The first-order valence-corrected chi connectivity index (χ1v) is 11.6. The summed E-state index contributed by atoms with van der Waals surface area (Å²) in [5.74, 6) is 0.224. The number of rotatable bonds is 5. The highest BCUT2D eigenvalue weighted by Crippen LogP contribution is 2.38. The minimum absolute atomic E-state index is 0.0389. The average molecular weight is 481 g/mol. The third kappa shape index (κ3) is 4.81. The number of halogens is 3. The van der Waals surface area contributed by atoms with E-state index in [1.54, 1.807) is 23.4 Å². The minimum Gasteiger partial charge on any atom is -0.370 e. The molecule has 4 rings (SSSR count). The Morgan fingerprint density at radius 2 is 1.79 bits per heavy atom. The predicted molar refractivity (Wildman–Crippen MR) is 118 cm³/mol. The van der Waals surface area contributed by atoms with Gasteiger partial charge in [0.1, 0.15) is 5.82 Å². The van der Waals surface area contributed by atoms with Crippen molar-refractivity contribution in [3.63, 3.8) is 0 Å². The van der Waals surface area contributed by atoms with Gasteiger partial charge in [0.15, 0.2) is 0 Å². The van der Waals surface area contributed by atoms with Crippen LogP contribution in [-0.2, 0) is 29.0 Å². The summed E-state index contributed by atoms with van der Waals surface area (Å²) in [4.78, 5) is 13.0. The Hall–Kier alpha value is -3.12. The van der Waals surface area contributed by atoms with E-state index in [1.165, 1.54) is 32.3 Å². The van der Waals surface area contributed by atoms with E-state index < -0.39 is 21.8 Å². The number of H-pyrrole nitrogens is 1. The van der Waals surface area contributed by atoms with Crippen LogP contribution in [0.15, 0.2) is 47.8 Å². The quantitative estimate of drug-likeness (QED) is 0.581. The van der Waals surface area contributed by atoms with Crippen molar-refractivity contribution >= 4 is 27.2 Å². The maximum Gasteiger partial charge on any atom is 0.419 e. The summed E-state index contributed by atoms with van der Waals surface area (Å²) in [6, 6.07) is 7.32. The molecule has 8 nitrogen and oxygen atoms in total. The van der Waals surface area contributed by atoms with Crippen LogP contribution in [0.1, 0.15) is 17.0 Å². The second-order valence-corrected chi connectivity index (χ2v) is 9.99. The SMILES string of the molecule is CN(C)S(=O)(=O)c1ccc(Nc2cc(N3CCc4nc[nH]c4CC3)c(C(F)(F)F)cn2)cc1. The molecule has 0 saturated heterocycles. The van der Waals surface area contributed by atoms with Crippen molar-refractivity contribution in [3.8, 4) is 0 Å². The van der Waals surface area contributed by atoms with Crippen molar-refractivity contribution in [1.29, 1.82) is 0 Å². The zero-order chi connectivity index (χ0) is 23.8. The van der Waals surface area contributed by atoms with E-state index in [-0.39, 0.29) is 16.4 Å². The second kappa shape index (κ2) is 8.67. The van der Waals surface area contributed by atoms with Crippen LogP contribution in [0, 0.1) is 0 Å². The Labute approximate surface area is 189 Å². The molecule has 0 spiro atoms. The number of hydrogen-bond donors (Lipinski definition) is 2. The molecule has 12 heteroatoms. The van der Waals surface area contributed by atoms with Gasteiger partial charge in [-0.3, -0.25) is 0 Å². The maximum absolute atomic E-state index is 13.7. The summed E-state index contributed by atoms with van der Waals surface area (Å²) in [5.41, 5.74) is 1.54. The van der Waals surface area contributed by atoms with Gasteiger partial charge in [0.25, 0.3) is 0 Å². The van der Waals surface area contributed by atoms with E-state index in [2.05, 4.69) is 20.3 Å². The van der Waals surface area contributed by atoms with Crippen molar-refractivity contribution in [3.05, 3.63) is 59.8 Å². The smallest absolute Gasteiger partial charge is 0.370 e. The van der Waals surface area contributed by atoms with Crippen LogP contribution in [0.2, 0.25) is 0 Å². The number of sulfonamides is 1. The fourth-order valence-corrected chi connectivity index (χ4v) is 4.59. The summed E-state index contributed by atoms with van der Waals surface area (Å²) >= 11 is 0. The van der Waals surface area contributed by atoms with E-state index in [9.17, 15) is 21.6 Å². The number of nitrogens with zero attached hydrogens (tertiary/aromatic N) is 4. The second-order valence-electron chi connectivity index (χ2n) is 7.84. The van der Waals surface area contributed by atoms with Gasteiger partial charge in [0.2, 0.25) is 10.0 Å². The van der Waals surface area contributed by atoms with Gasteiger partial charge in [-0.1, -0.05) is 0 Å². The lowest BCUT2D eigenvalue weighted by atomic mass is 10.2. The van der Waals surface area contributed by atoms with Gasteiger partial charge < -0.3 is 15.2 Å². The van der Waals surface area contributed by atoms with Gasteiger partial charge >= 0.3 is 6.18 Å². The first kappa shape index (κ1) is 23.1. The lowest BCUT2D eigenvalue weighted by Gasteiger charge is -2.26. The molecule has 3 heterocycles. The molecule has 2 aromatic heterocycles. The number of fused-ring (bicyclic) bond motifs is 1. The number of aromatic amines is 1. The van der Waals surface area contributed by atoms with Crippen molar-refractivity contribution in [1.82, 2.24) is 19.3 Å². The first-order valence-electron chi connectivity index (χ1n) is 10.2. The molecule has 33 heavy (non-hydrogen) atoms. The highest BCUT2D eigenvalue weighted by molar-refractivity contribution is 7.89. The number of imidazole rings is 1. The van der Waals surface area contributed by atoms with Gasteiger partial charge in [-0.2, -0.15) is 13.2 Å². The van der Waals surface area contributed by atoms with Crippen LogP contribution in [0.25, 0.3) is 0 Å². The molecule has 1 aromatic carbocycles. The number of hydrogen-bond acceptors (Lipinski definition) is 6. The summed E-state index contributed by atoms with van der Waals surface area (Å²) < 4.78 is 66.7. The summed E-state index contributed by atoms with van der Waals surface area (Å²) in [6.45, 7) is 0.792. The molecule has 1 aliphatic heterocycles. The molecule has 2 N–H and O–H groups in total. The van der Waals surface area contributed by atoms with Crippen LogP contribution in [0.5, 0.6) is 0 Å². The van der Waals surface area contributed by atoms with Crippen LogP contribution in [0.4, 0.5) is 30.4 Å². The zero-order valence-corrected chi connectivity index (χ0v) is 18.8. The van der Waals surface area contributed by atoms with Crippen LogP contribution in [-0.4, -0.2) is 54.9 Å². The predicted octanol–water partition coefficient (Wildman–Crippen LogP) is 3.42. The molecule has 0 aliphatic carbocycles. The fraction of sp³-hybridized carbons (Fsp3) is 0.333. The summed E-state index contributed by atoms with van der Waals surface area (Å²) in [5, 5.41) is 2.97. The Morgan fingerprint density at radius 3 is 2.45 bits per heavy atom. The lowest BCUT2D eigenvalue weighted by molar-refractivity contribution is -0.137. The van der Waals surface area contributed by atoms with Gasteiger partial charge in [-0.05, 0) is 24.3 Å². The molecule has 0 bridgehead atoms. The topological polar surface area (TPSA) is 94.2 Å². The van der Waals surface area contributed by atoms with E-state index >= 15 is 0 Å². The number of pyridine rings is 1. The summed E-state index contributed by atoms with van der Waals surface area (Å²) in [6.07, 6.45) is -1.04. The monoisotopic (exact) mass is 480 g/mol. The molecular formula is C21H23F3N6O2S. The molecule has 0 amide bonds. The van der Waals surface area contributed by atoms with Crippen molar-refractivity contribution in [2.45, 2.75) is 23.9 Å². The number of nitrogens with one attached hydrogen (secondary N) is 2. The maximum atomic E-state index is 13.7. The fourth-order valence-electron chi connectivity index (χ4n) is 3.68. The molecular weight excluding hydrogens is 457 g/mol. The summed E-state index contributed by atoms with van der Waals surface area (Å²) in [7, 11) is -0.710. The number of anilines is 3. The normalized spacial score (nSPS) is 14.8. The average Bonchev–Trinajstić information content (AvgIpc) is 3.11. The molecule has 176 valence electrons. The van der Waals surface area contributed by atoms with Gasteiger partial charge in [-0.25, -0.2) is 22.7 Å². The lowest BCUT2D eigenvalue weighted by Crippen LogP contribution is -2.29. The molecule has 0 unspecified atom stereocenters. The van der Waals surface area contributed by atoms with Crippen LogP contribution in [0.3, 0.4) is 0 Å². The van der Waals surface area contributed by atoms with Crippen LogP contribution < -0.4 is 10.2 Å². The van der Waals surface area contributed by atoms with E-state index in [4.69, 9.17) is 0 Å². The van der Waals surface area contributed by atoms with Gasteiger partial charge in [-0.15, -0.1) is 0 Å². The highest BCUT2D eigenvalue weighted by Gasteiger charge is 2.36. The van der Waals surface area contributed by atoms with Crippen LogP contribution >= 0.6 is 0 Å². The first-order chi connectivity index (χ1) is 15.6. The Balaban J connectivity index is 1.61. The number of alkyl halides is 3. The Kier molecular flexibility index (Phi) is 6.06.